The molecule has 0 aromatic carbocycles. The standard InChI is InChI=1S/C6H8N2S/c1-9-6-2-5(7)3-8-4-6/h2-4H,7H2,1H3. The Hall–Kier alpha value is -0.700. The summed E-state index contributed by atoms with van der Waals surface area (Å²) < 4.78 is 0. The molecule has 0 aliphatic heterocycles. The Morgan fingerprint density at radius 2 is 2.33 bits per heavy atom. The minimum absolute atomic E-state index is 0.724. The molecule has 1 aromatic heterocycles. The average Bonchev–Trinajstić information content (AvgIpc) is 1.88. The first-order valence-electron chi connectivity index (χ1n) is 2.57. The second kappa shape index (κ2) is 2.73. The largest absolute Gasteiger partial charge is 0.397 e. The third-order valence-electron chi connectivity index (χ3n) is 0.970. The number of nitrogens with two attached hydrogens (primary N) is 1. The lowest BCUT2D eigenvalue weighted by molar-refractivity contribution is 1.24. The van der Waals surface area contributed by atoms with Gasteiger partial charge >= 0.3 is 0 Å². The molecule has 0 radical (unpaired) electrons. The average molecular weight is 140 g/mol. The lowest BCUT2D eigenvalue weighted by Crippen LogP contribution is -1.85. The Morgan fingerprint density at radius 3 is 2.78 bits per heavy atom. The zero-order valence-electron chi connectivity index (χ0n) is 5.16. The van der Waals surface area contributed by atoms with Crippen molar-refractivity contribution in [3.8, 4) is 0 Å². The molecule has 0 bridgehead atoms. The van der Waals surface area contributed by atoms with Gasteiger partial charge in [0.1, 0.15) is 0 Å². The van der Waals surface area contributed by atoms with Crippen LogP contribution < -0.4 is 5.73 Å². The van der Waals surface area contributed by atoms with Gasteiger partial charge in [0.25, 0.3) is 0 Å². The number of thioether (sulfide) groups is 1. The number of rotatable bonds is 1. The van der Waals surface area contributed by atoms with E-state index in [0.717, 1.165) is 10.6 Å². The molecule has 2 N–H and O–H groups in total. The smallest absolute Gasteiger partial charge is 0.0511 e. The lowest BCUT2D eigenvalue weighted by Gasteiger charge is -1.94. The summed E-state index contributed by atoms with van der Waals surface area (Å²) in [6.45, 7) is 0. The Balaban J connectivity index is 2.94. The summed E-state index contributed by atoms with van der Waals surface area (Å²) in [6.07, 6.45) is 5.43. The van der Waals surface area contributed by atoms with Gasteiger partial charge in [-0.15, -0.1) is 11.8 Å². The topological polar surface area (TPSA) is 38.9 Å². The fourth-order valence-electron chi connectivity index (χ4n) is 0.547. The van der Waals surface area contributed by atoms with Crippen LogP contribution in [0.3, 0.4) is 0 Å². The van der Waals surface area contributed by atoms with Crippen molar-refractivity contribution in [1.29, 1.82) is 0 Å². The minimum Gasteiger partial charge on any atom is -0.397 e. The van der Waals surface area contributed by atoms with Crippen molar-refractivity contribution in [3.63, 3.8) is 0 Å². The zero-order valence-corrected chi connectivity index (χ0v) is 5.98. The maximum atomic E-state index is 5.46. The van der Waals surface area contributed by atoms with Crippen molar-refractivity contribution in [1.82, 2.24) is 4.98 Å². The van der Waals surface area contributed by atoms with Crippen molar-refractivity contribution in [2.45, 2.75) is 4.90 Å². The number of pyridine rings is 1. The van der Waals surface area contributed by atoms with E-state index >= 15 is 0 Å². The van der Waals surface area contributed by atoms with E-state index in [-0.39, 0.29) is 0 Å². The maximum absolute atomic E-state index is 5.46. The van der Waals surface area contributed by atoms with Gasteiger partial charge in [-0.25, -0.2) is 0 Å². The Morgan fingerprint density at radius 1 is 1.56 bits per heavy atom. The van der Waals surface area contributed by atoms with E-state index in [2.05, 4.69) is 4.98 Å². The van der Waals surface area contributed by atoms with Gasteiger partial charge in [0.2, 0.25) is 0 Å². The first-order chi connectivity index (χ1) is 4.33. The van der Waals surface area contributed by atoms with E-state index in [4.69, 9.17) is 5.73 Å². The van der Waals surface area contributed by atoms with E-state index in [0.29, 0.717) is 0 Å². The second-order valence-corrected chi connectivity index (χ2v) is 2.54. The molecular formula is C6H8N2S. The quantitative estimate of drug-likeness (QED) is 0.599. The molecule has 3 heteroatoms. The maximum Gasteiger partial charge on any atom is 0.0511 e. The summed E-state index contributed by atoms with van der Waals surface area (Å²) in [7, 11) is 0. The van der Waals surface area contributed by atoms with Crippen molar-refractivity contribution in [2.75, 3.05) is 12.0 Å². The predicted octanol–water partition coefficient (Wildman–Crippen LogP) is 1.39. The molecule has 9 heavy (non-hydrogen) atoms. The molecule has 1 heterocycles. The third kappa shape index (κ3) is 1.61. The van der Waals surface area contributed by atoms with Gasteiger partial charge in [-0.3, -0.25) is 4.98 Å². The van der Waals surface area contributed by atoms with Crippen LogP contribution in [0.4, 0.5) is 5.69 Å². The summed E-state index contributed by atoms with van der Waals surface area (Å²) in [5, 5.41) is 0. The monoisotopic (exact) mass is 140 g/mol. The Kier molecular flexibility index (Phi) is 1.95. The van der Waals surface area contributed by atoms with Crippen LogP contribution in [0.15, 0.2) is 23.4 Å². The van der Waals surface area contributed by atoms with Gasteiger partial charge in [-0.2, -0.15) is 0 Å². The van der Waals surface area contributed by atoms with Gasteiger partial charge in [0, 0.05) is 17.3 Å². The minimum atomic E-state index is 0.724. The molecule has 0 amide bonds. The number of aromatic nitrogens is 1. The van der Waals surface area contributed by atoms with Gasteiger partial charge in [0.05, 0.1) is 5.69 Å². The summed E-state index contributed by atoms with van der Waals surface area (Å²) in [4.78, 5) is 5.02. The molecule has 1 rings (SSSR count). The highest BCUT2D eigenvalue weighted by atomic mass is 32.2. The fourth-order valence-corrected chi connectivity index (χ4v) is 0.967. The third-order valence-corrected chi connectivity index (χ3v) is 1.66. The molecule has 0 unspecified atom stereocenters. The second-order valence-electron chi connectivity index (χ2n) is 1.66. The van der Waals surface area contributed by atoms with Gasteiger partial charge in [0.15, 0.2) is 0 Å². The van der Waals surface area contributed by atoms with Crippen molar-refractivity contribution in [3.05, 3.63) is 18.5 Å². The van der Waals surface area contributed by atoms with Crippen LogP contribution in [-0.2, 0) is 0 Å². The number of nitrogens with zero attached hydrogens (tertiary/aromatic N) is 1. The molecule has 0 saturated heterocycles. The van der Waals surface area contributed by atoms with Crippen molar-refractivity contribution in [2.24, 2.45) is 0 Å². The van der Waals surface area contributed by atoms with Gasteiger partial charge in [-0.1, -0.05) is 0 Å². The van der Waals surface area contributed by atoms with Crippen LogP contribution in [0.5, 0.6) is 0 Å². The van der Waals surface area contributed by atoms with Crippen molar-refractivity contribution >= 4 is 17.4 Å². The Labute approximate surface area is 58.5 Å². The molecule has 0 atom stereocenters. The van der Waals surface area contributed by atoms with Crippen LogP contribution in [0.1, 0.15) is 0 Å². The van der Waals surface area contributed by atoms with Crippen LogP contribution in [0, 0.1) is 0 Å². The molecular weight excluding hydrogens is 132 g/mol. The normalized spacial score (nSPS) is 9.44. The van der Waals surface area contributed by atoms with E-state index < -0.39 is 0 Å². The zero-order chi connectivity index (χ0) is 6.69. The number of nitrogen functional groups attached to an aromatic ring is 1. The van der Waals surface area contributed by atoms with Gasteiger partial charge < -0.3 is 5.73 Å². The molecule has 0 aliphatic rings. The lowest BCUT2D eigenvalue weighted by atomic mass is 10.4. The molecule has 1 aromatic rings. The SMILES string of the molecule is CSc1cncc(N)c1. The van der Waals surface area contributed by atoms with Crippen LogP contribution in [-0.4, -0.2) is 11.2 Å². The number of hydrogen-bond donors (Lipinski definition) is 1. The van der Waals surface area contributed by atoms with Gasteiger partial charge in [-0.05, 0) is 12.3 Å². The first-order valence-corrected chi connectivity index (χ1v) is 3.80. The Bertz CT molecular complexity index is 200. The van der Waals surface area contributed by atoms with E-state index in [1.807, 2.05) is 12.3 Å². The molecule has 0 fully saturated rings. The predicted molar refractivity (Wildman–Crippen MR) is 40.4 cm³/mol. The summed E-state index contributed by atoms with van der Waals surface area (Å²) in [5.41, 5.74) is 6.18. The highest BCUT2D eigenvalue weighted by molar-refractivity contribution is 7.98. The van der Waals surface area contributed by atoms with E-state index in [9.17, 15) is 0 Å². The van der Waals surface area contributed by atoms with Crippen molar-refractivity contribution < 1.29 is 0 Å². The first kappa shape index (κ1) is 6.42. The fraction of sp³-hybridized carbons (Fsp3) is 0.167. The molecule has 48 valence electrons. The molecule has 0 aliphatic carbocycles. The summed E-state index contributed by atoms with van der Waals surface area (Å²) >= 11 is 1.64. The van der Waals surface area contributed by atoms with Crippen LogP contribution >= 0.6 is 11.8 Å². The number of hydrogen-bond acceptors (Lipinski definition) is 3. The summed E-state index contributed by atoms with van der Waals surface area (Å²) in [5.74, 6) is 0. The van der Waals surface area contributed by atoms with E-state index in [1.54, 1.807) is 24.2 Å². The van der Waals surface area contributed by atoms with Crippen LogP contribution in [0.25, 0.3) is 0 Å². The molecule has 0 spiro atoms. The number of anilines is 1. The highest BCUT2D eigenvalue weighted by Gasteiger charge is 1.88. The summed E-state index contributed by atoms with van der Waals surface area (Å²) in [6, 6.07) is 1.90. The highest BCUT2D eigenvalue weighted by Crippen LogP contribution is 2.14. The van der Waals surface area contributed by atoms with E-state index in [1.165, 1.54) is 0 Å². The molecule has 2 nitrogen and oxygen atoms in total. The van der Waals surface area contributed by atoms with Crippen LogP contribution in [0.2, 0.25) is 0 Å². The molecule has 0 saturated carbocycles.